The summed E-state index contributed by atoms with van der Waals surface area (Å²) < 4.78 is 10.7. The molecule has 1 aromatic carbocycles. The highest BCUT2D eigenvalue weighted by Gasteiger charge is 2.20. The molecule has 1 aliphatic rings. The Bertz CT molecular complexity index is 542. The molecule has 0 bridgehead atoms. The summed E-state index contributed by atoms with van der Waals surface area (Å²) >= 11 is 0. The maximum Gasteiger partial charge on any atom is 0.259 e. The molecule has 1 aromatic rings. The minimum atomic E-state index is -0.305. The van der Waals surface area contributed by atoms with Crippen molar-refractivity contribution in [2.75, 3.05) is 40.5 Å². The molecule has 2 rings (SSSR count). The molecule has 23 heavy (non-hydrogen) atoms. The number of benzene rings is 1. The van der Waals surface area contributed by atoms with E-state index in [0.29, 0.717) is 32.1 Å². The molecule has 2 amide bonds. The fourth-order valence-electron chi connectivity index (χ4n) is 2.07. The molecule has 1 unspecified atom stereocenters. The molecular weight excluding hydrogens is 298 g/mol. The molecule has 0 aromatic heterocycles. The highest BCUT2D eigenvalue weighted by Crippen LogP contribution is 2.13. The summed E-state index contributed by atoms with van der Waals surface area (Å²) in [6.07, 6.45) is 0. The topological polar surface area (TPSA) is 79.9 Å². The van der Waals surface area contributed by atoms with Crippen LogP contribution in [-0.4, -0.2) is 63.2 Å². The smallest absolute Gasteiger partial charge is 0.259 e. The molecule has 1 saturated heterocycles. The number of carbonyl (C=O) groups excluding carboxylic acids is 2. The minimum Gasteiger partial charge on any atom is -0.484 e. The molecule has 1 aliphatic heterocycles. The number of hydrogen-bond donors (Lipinski definition) is 2. The zero-order chi connectivity index (χ0) is 16.7. The van der Waals surface area contributed by atoms with Crippen LogP contribution in [-0.2, 0) is 20.9 Å². The first-order chi connectivity index (χ1) is 11.1. The van der Waals surface area contributed by atoms with Gasteiger partial charge in [0.05, 0.1) is 13.2 Å². The SMILES string of the molecule is CN(C)C(=O)COc1cccc(CNC(=O)C2COCCN2)c1. The van der Waals surface area contributed by atoms with Crippen molar-refractivity contribution >= 4 is 11.8 Å². The number of hydrogen-bond acceptors (Lipinski definition) is 5. The van der Waals surface area contributed by atoms with Crippen molar-refractivity contribution in [3.63, 3.8) is 0 Å². The summed E-state index contributed by atoms with van der Waals surface area (Å²) in [7, 11) is 3.36. The van der Waals surface area contributed by atoms with E-state index >= 15 is 0 Å². The largest absolute Gasteiger partial charge is 0.484 e. The molecule has 2 N–H and O–H groups in total. The zero-order valence-electron chi connectivity index (χ0n) is 13.5. The predicted octanol–water partition coefficient (Wildman–Crippen LogP) is -0.242. The molecule has 0 saturated carbocycles. The van der Waals surface area contributed by atoms with Crippen molar-refractivity contribution in [2.24, 2.45) is 0 Å². The van der Waals surface area contributed by atoms with Crippen molar-refractivity contribution in [3.05, 3.63) is 29.8 Å². The number of morpholine rings is 1. The highest BCUT2D eigenvalue weighted by molar-refractivity contribution is 5.82. The van der Waals surface area contributed by atoms with Gasteiger partial charge in [-0.2, -0.15) is 0 Å². The number of nitrogens with one attached hydrogen (secondary N) is 2. The van der Waals surface area contributed by atoms with Crippen LogP contribution in [0, 0.1) is 0 Å². The minimum absolute atomic E-state index is 0.00779. The van der Waals surface area contributed by atoms with E-state index in [2.05, 4.69) is 10.6 Å². The summed E-state index contributed by atoms with van der Waals surface area (Å²) in [6.45, 7) is 2.10. The van der Waals surface area contributed by atoms with Gasteiger partial charge in [-0.1, -0.05) is 12.1 Å². The van der Waals surface area contributed by atoms with E-state index < -0.39 is 0 Å². The summed E-state index contributed by atoms with van der Waals surface area (Å²) in [4.78, 5) is 25.0. The molecule has 7 heteroatoms. The lowest BCUT2D eigenvalue weighted by Gasteiger charge is -2.22. The monoisotopic (exact) mass is 321 g/mol. The van der Waals surface area contributed by atoms with Crippen LogP contribution in [0.25, 0.3) is 0 Å². The third-order valence-corrected chi connectivity index (χ3v) is 3.46. The van der Waals surface area contributed by atoms with E-state index in [9.17, 15) is 9.59 Å². The van der Waals surface area contributed by atoms with Crippen molar-refractivity contribution < 1.29 is 19.1 Å². The average Bonchev–Trinajstić information content (AvgIpc) is 2.58. The van der Waals surface area contributed by atoms with E-state index in [1.165, 1.54) is 4.90 Å². The molecule has 1 atom stereocenters. The fraction of sp³-hybridized carbons (Fsp3) is 0.500. The van der Waals surface area contributed by atoms with Crippen LogP contribution in [0.1, 0.15) is 5.56 Å². The summed E-state index contributed by atoms with van der Waals surface area (Å²) in [5.74, 6) is 0.414. The lowest BCUT2D eigenvalue weighted by molar-refractivity contribution is -0.130. The third-order valence-electron chi connectivity index (χ3n) is 3.46. The number of rotatable bonds is 6. The first-order valence-electron chi connectivity index (χ1n) is 7.57. The van der Waals surface area contributed by atoms with E-state index in [0.717, 1.165) is 5.56 Å². The van der Waals surface area contributed by atoms with E-state index in [1.807, 2.05) is 18.2 Å². The average molecular weight is 321 g/mol. The first-order valence-corrected chi connectivity index (χ1v) is 7.57. The van der Waals surface area contributed by atoms with Gasteiger partial charge in [0.2, 0.25) is 5.91 Å². The Morgan fingerprint density at radius 3 is 2.96 bits per heavy atom. The number of amides is 2. The second-order valence-corrected chi connectivity index (χ2v) is 5.52. The molecule has 7 nitrogen and oxygen atoms in total. The van der Waals surface area contributed by atoms with Gasteiger partial charge < -0.3 is 25.0 Å². The second kappa shape index (κ2) is 8.50. The van der Waals surface area contributed by atoms with Crippen LogP contribution in [0.2, 0.25) is 0 Å². The Morgan fingerprint density at radius 2 is 2.26 bits per heavy atom. The summed E-state index contributed by atoms with van der Waals surface area (Å²) in [5, 5.41) is 5.97. The van der Waals surface area contributed by atoms with Gasteiger partial charge in [0, 0.05) is 27.2 Å². The molecular formula is C16H23N3O4. The number of likely N-dealkylation sites (N-methyl/N-ethyl adjacent to an activating group) is 1. The summed E-state index contributed by atoms with van der Waals surface area (Å²) in [6, 6.07) is 7.02. The normalized spacial score (nSPS) is 17.4. The maximum absolute atomic E-state index is 12.0. The van der Waals surface area contributed by atoms with Gasteiger partial charge in [-0.05, 0) is 17.7 Å². The van der Waals surface area contributed by atoms with Crippen LogP contribution in [0.3, 0.4) is 0 Å². The van der Waals surface area contributed by atoms with Crippen LogP contribution in [0.15, 0.2) is 24.3 Å². The Kier molecular flexibility index (Phi) is 6.37. The Morgan fingerprint density at radius 1 is 1.43 bits per heavy atom. The molecule has 0 spiro atoms. The number of carbonyl (C=O) groups is 2. The first kappa shape index (κ1) is 17.2. The molecule has 126 valence electrons. The van der Waals surface area contributed by atoms with Gasteiger partial charge in [0.25, 0.3) is 5.91 Å². The van der Waals surface area contributed by atoms with Crippen LogP contribution >= 0.6 is 0 Å². The Balaban J connectivity index is 1.82. The zero-order valence-corrected chi connectivity index (χ0v) is 13.5. The Hall–Kier alpha value is -2.12. The standard InChI is InChI=1S/C16H23N3O4/c1-19(2)15(20)11-23-13-5-3-4-12(8-13)9-18-16(21)14-10-22-7-6-17-14/h3-5,8,14,17H,6-7,9-11H2,1-2H3,(H,18,21). The number of nitrogens with zero attached hydrogens (tertiary/aromatic N) is 1. The molecule has 1 heterocycles. The van der Waals surface area contributed by atoms with Crippen molar-refractivity contribution in [3.8, 4) is 5.75 Å². The molecule has 1 fully saturated rings. The van der Waals surface area contributed by atoms with Gasteiger partial charge in [-0.15, -0.1) is 0 Å². The van der Waals surface area contributed by atoms with E-state index in [4.69, 9.17) is 9.47 Å². The lowest BCUT2D eigenvalue weighted by atomic mass is 10.2. The van der Waals surface area contributed by atoms with E-state index in [1.54, 1.807) is 20.2 Å². The maximum atomic E-state index is 12.0. The molecule has 0 radical (unpaired) electrons. The highest BCUT2D eigenvalue weighted by atomic mass is 16.5. The van der Waals surface area contributed by atoms with Gasteiger partial charge in [0.15, 0.2) is 6.61 Å². The van der Waals surface area contributed by atoms with Crippen molar-refractivity contribution in [1.82, 2.24) is 15.5 Å². The fourth-order valence-corrected chi connectivity index (χ4v) is 2.07. The predicted molar refractivity (Wildman–Crippen MR) is 85.1 cm³/mol. The summed E-state index contributed by atoms with van der Waals surface area (Å²) in [5.41, 5.74) is 0.907. The van der Waals surface area contributed by atoms with Crippen LogP contribution in [0.5, 0.6) is 5.75 Å². The third kappa shape index (κ3) is 5.54. The van der Waals surface area contributed by atoms with Crippen molar-refractivity contribution in [1.29, 1.82) is 0 Å². The van der Waals surface area contributed by atoms with Gasteiger partial charge in [-0.3, -0.25) is 9.59 Å². The lowest BCUT2D eigenvalue weighted by Crippen LogP contribution is -2.51. The molecule has 0 aliphatic carbocycles. The van der Waals surface area contributed by atoms with Crippen LogP contribution < -0.4 is 15.4 Å². The van der Waals surface area contributed by atoms with Gasteiger partial charge in [0.1, 0.15) is 11.8 Å². The number of ether oxygens (including phenoxy) is 2. The van der Waals surface area contributed by atoms with Gasteiger partial charge >= 0.3 is 0 Å². The second-order valence-electron chi connectivity index (χ2n) is 5.52. The van der Waals surface area contributed by atoms with Gasteiger partial charge in [-0.25, -0.2) is 0 Å². The quantitative estimate of drug-likeness (QED) is 0.756. The van der Waals surface area contributed by atoms with Crippen LogP contribution in [0.4, 0.5) is 0 Å². The Labute approximate surface area is 135 Å². The van der Waals surface area contributed by atoms with E-state index in [-0.39, 0.29) is 24.5 Å². The van der Waals surface area contributed by atoms with Crippen molar-refractivity contribution in [2.45, 2.75) is 12.6 Å².